The predicted molar refractivity (Wildman–Crippen MR) is 151 cm³/mol. The number of aromatic nitrogens is 2. The molecule has 10 heteroatoms. The van der Waals surface area contributed by atoms with Gasteiger partial charge in [0, 0.05) is 12.1 Å². The summed E-state index contributed by atoms with van der Waals surface area (Å²) in [7, 11) is -4.07. The number of nitrogens with one attached hydrogen (secondary N) is 2. The van der Waals surface area contributed by atoms with Crippen molar-refractivity contribution in [1.82, 2.24) is 19.6 Å². The van der Waals surface area contributed by atoms with Crippen LogP contribution < -0.4 is 10.0 Å². The molecule has 4 saturated carbocycles. The van der Waals surface area contributed by atoms with Gasteiger partial charge >= 0.3 is 6.03 Å². The van der Waals surface area contributed by atoms with Gasteiger partial charge in [-0.05, 0) is 104 Å². The number of sulfonamides is 1. The van der Waals surface area contributed by atoms with Crippen LogP contribution in [-0.4, -0.2) is 41.8 Å². The monoisotopic (exact) mass is 578 g/mol. The molecule has 2 aromatic carbocycles. The SMILES string of the molecule is O=C(NCCC1C2CC3CC1CC(C(O)CC1c4ccccc4-c4cncn41)(C3)C2)NS(=O)(=O)c1ccc(F)cc1. The molecule has 3 aromatic rings. The van der Waals surface area contributed by atoms with E-state index in [9.17, 15) is 22.7 Å². The lowest BCUT2D eigenvalue weighted by Gasteiger charge is -2.62. The van der Waals surface area contributed by atoms with Crippen LogP contribution >= 0.6 is 0 Å². The lowest BCUT2D eigenvalue weighted by atomic mass is 9.44. The topological polar surface area (TPSA) is 113 Å². The van der Waals surface area contributed by atoms with Crippen molar-refractivity contribution in [3.8, 4) is 11.3 Å². The maximum atomic E-state index is 13.1. The maximum Gasteiger partial charge on any atom is 0.328 e. The minimum absolute atomic E-state index is 0.0701. The van der Waals surface area contributed by atoms with Crippen LogP contribution in [-0.2, 0) is 10.0 Å². The Morgan fingerprint density at radius 1 is 1.10 bits per heavy atom. The molecule has 4 unspecified atom stereocenters. The first kappa shape index (κ1) is 26.6. The molecule has 4 atom stereocenters. The van der Waals surface area contributed by atoms with Gasteiger partial charge in [-0.15, -0.1) is 0 Å². The average Bonchev–Trinajstić information content (AvgIpc) is 3.52. The number of imidazole rings is 1. The fraction of sp³-hybridized carbons (Fsp3) is 0.484. The lowest BCUT2D eigenvalue weighted by Crippen LogP contribution is -2.56. The molecular formula is C31H35FN4O4S. The van der Waals surface area contributed by atoms with Crippen molar-refractivity contribution in [3.63, 3.8) is 0 Å². The molecule has 41 heavy (non-hydrogen) atoms. The zero-order chi connectivity index (χ0) is 28.4. The molecule has 1 aromatic heterocycles. The van der Waals surface area contributed by atoms with Crippen LogP contribution in [0.15, 0.2) is 66.0 Å². The van der Waals surface area contributed by atoms with Crippen LogP contribution in [0.4, 0.5) is 9.18 Å². The summed E-state index contributed by atoms with van der Waals surface area (Å²) in [5, 5.41) is 14.6. The van der Waals surface area contributed by atoms with E-state index in [1.807, 2.05) is 17.2 Å². The maximum absolute atomic E-state index is 13.1. The minimum Gasteiger partial charge on any atom is -0.392 e. The summed E-state index contributed by atoms with van der Waals surface area (Å²) in [6.45, 7) is 0.380. The van der Waals surface area contributed by atoms with Crippen molar-refractivity contribution in [2.45, 2.75) is 62.0 Å². The first-order chi connectivity index (χ1) is 19.7. The van der Waals surface area contributed by atoms with E-state index in [-0.39, 0.29) is 16.4 Å². The van der Waals surface area contributed by atoms with Gasteiger partial charge < -0.3 is 15.0 Å². The third-order valence-corrected chi connectivity index (χ3v) is 11.7. The molecule has 5 aliphatic rings. The Balaban J connectivity index is 0.978. The molecule has 216 valence electrons. The number of nitrogens with zero attached hydrogens (tertiary/aromatic N) is 2. The Morgan fingerprint density at radius 3 is 2.59 bits per heavy atom. The molecular weight excluding hydrogens is 543 g/mol. The molecule has 2 heterocycles. The van der Waals surface area contributed by atoms with Crippen molar-refractivity contribution in [2.24, 2.45) is 29.1 Å². The molecule has 8 nitrogen and oxygen atoms in total. The quantitative estimate of drug-likeness (QED) is 0.353. The summed E-state index contributed by atoms with van der Waals surface area (Å²) in [5.74, 6) is 1.55. The number of hydrogen-bond acceptors (Lipinski definition) is 5. The normalized spacial score (nSPS) is 30.0. The van der Waals surface area contributed by atoms with Crippen LogP contribution in [0.1, 0.15) is 56.6 Å². The number of carbonyl (C=O) groups excluding carboxylic acids is 1. The molecule has 0 radical (unpaired) electrons. The van der Waals surface area contributed by atoms with E-state index in [0.29, 0.717) is 36.6 Å². The first-order valence-corrected chi connectivity index (χ1v) is 16.1. The Hall–Kier alpha value is -3.24. The Kier molecular flexibility index (Phi) is 6.46. The summed E-state index contributed by atoms with van der Waals surface area (Å²) in [5.41, 5.74) is 3.51. The summed E-state index contributed by atoms with van der Waals surface area (Å²) in [6, 6.07) is 12.1. The fourth-order valence-corrected chi connectivity index (χ4v) is 9.82. The highest BCUT2D eigenvalue weighted by Gasteiger charge is 2.57. The number of halogens is 1. The second-order valence-electron chi connectivity index (χ2n) is 12.6. The zero-order valence-electron chi connectivity index (χ0n) is 22.7. The van der Waals surface area contributed by atoms with Crippen LogP contribution in [0, 0.1) is 34.9 Å². The summed E-state index contributed by atoms with van der Waals surface area (Å²) in [6.07, 6.45) is 10.3. The van der Waals surface area contributed by atoms with Gasteiger partial charge in [0.05, 0.1) is 35.3 Å². The van der Waals surface area contributed by atoms with E-state index in [0.717, 1.165) is 55.6 Å². The summed E-state index contributed by atoms with van der Waals surface area (Å²) in [4.78, 5) is 16.6. The van der Waals surface area contributed by atoms with Gasteiger partial charge in [-0.3, -0.25) is 0 Å². The smallest absolute Gasteiger partial charge is 0.328 e. The van der Waals surface area contributed by atoms with Gasteiger partial charge in [0.15, 0.2) is 0 Å². The van der Waals surface area contributed by atoms with Crippen LogP contribution in [0.25, 0.3) is 11.3 Å². The van der Waals surface area contributed by atoms with Crippen molar-refractivity contribution in [2.75, 3.05) is 6.54 Å². The number of hydrogen-bond donors (Lipinski definition) is 3. The van der Waals surface area contributed by atoms with Gasteiger partial charge in [0.2, 0.25) is 0 Å². The number of carbonyl (C=O) groups is 1. The molecule has 8 rings (SSSR count). The molecule has 1 aliphatic heterocycles. The van der Waals surface area contributed by atoms with Gasteiger partial charge in [0.25, 0.3) is 10.0 Å². The second-order valence-corrected chi connectivity index (χ2v) is 14.3. The Morgan fingerprint density at radius 2 is 1.83 bits per heavy atom. The molecule has 0 spiro atoms. The summed E-state index contributed by atoms with van der Waals surface area (Å²) >= 11 is 0. The number of aliphatic hydroxyl groups is 1. The average molecular weight is 579 g/mol. The highest BCUT2D eigenvalue weighted by atomic mass is 32.2. The predicted octanol–water partition coefficient (Wildman–Crippen LogP) is 4.86. The van der Waals surface area contributed by atoms with Crippen molar-refractivity contribution in [3.05, 3.63) is 72.4 Å². The van der Waals surface area contributed by atoms with Gasteiger partial charge in [-0.2, -0.15) is 0 Å². The third kappa shape index (κ3) is 4.65. The van der Waals surface area contributed by atoms with Gasteiger partial charge in [-0.1, -0.05) is 24.3 Å². The zero-order valence-corrected chi connectivity index (χ0v) is 23.6. The molecule has 3 N–H and O–H groups in total. The molecule has 2 amide bonds. The Labute approximate surface area is 239 Å². The number of rotatable bonds is 8. The minimum atomic E-state index is -4.07. The van der Waals surface area contributed by atoms with Crippen LogP contribution in [0.3, 0.4) is 0 Å². The van der Waals surface area contributed by atoms with Crippen molar-refractivity contribution >= 4 is 16.1 Å². The Bertz CT molecular complexity index is 1560. The largest absolute Gasteiger partial charge is 0.392 e. The molecule has 4 bridgehead atoms. The van der Waals surface area contributed by atoms with E-state index in [2.05, 4.69) is 39.1 Å². The van der Waals surface area contributed by atoms with Gasteiger partial charge in [0.1, 0.15) is 5.82 Å². The summed E-state index contributed by atoms with van der Waals surface area (Å²) < 4.78 is 42.3. The van der Waals surface area contributed by atoms with E-state index in [1.54, 1.807) is 0 Å². The first-order valence-electron chi connectivity index (χ1n) is 14.6. The second kappa shape index (κ2) is 9.94. The number of urea groups is 1. The fourth-order valence-electron chi connectivity index (χ4n) is 8.89. The third-order valence-electron chi connectivity index (χ3n) is 10.4. The van der Waals surface area contributed by atoms with Crippen molar-refractivity contribution < 1.29 is 22.7 Å². The van der Waals surface area contributed by atoms with E-state index in [1.165, 1.54) is 24.0 Å². The number of fused-ring (bicyclic) bond motifs is 3. The van der Waals surface area contributed by atoms with Crippen LogP contribution in [0.5, 0.6) is 0 Å². The number of amides is 2. The van der Waals surface area contributed by atoms with Gasteiger partial charge in [-0.25, -0.2) is 27.3 Å². The van der Waals surface area contributed by atoms with E-state index < -0.39 is 28.0 Å². The van der Waals surface area contributed by atoms with E-state index >= 15 is 0 Å². The lowest BCUT2D eigenvalue weighted by molar-refractivity contribution is -0.151. The van der Waals surface area contributed by atoms with Crippen LogP contribution in [0.2, 0.25) is 0 Å². The molecule has 0 saturated heterocycles. The highest BCUT2D eigenvalue weighted by molar-refractivity contribution is 7.90. The van der Waals surface area contributed by atoms with Crippen molar-refractivity contribution in [1.29, 1.82) is 0 Å². The molecule has 4 aliphatic carbocycles. The highest BCUT2D eigenvalue weighted by Crippen LogP contribution is 2.64. The molecule has 4 fully saturated rings. The standard InChI is InChI=1S/C31H35FN4O4S/c32-22-5-7-23(8-6-22)41(39,40)35-30(38)34-10-9-24-20-11-19-12-21(24)16-31(14-19,15-20)29(37)13-27-25-3-1-2-4-26(25)28-17-33-18-36(27)28/h1-8,17-21,24,27,29,37H,9-16H2,(H2,34,35,38). The number of aliphatic hydroxyl groups excluding tert-OH is 1. The number of benzene rings is 2. The van der Waals surface area contributed by atoms with E-state index in [4.69, 9.17) is 0 Å².